The van der Waals surface area contributed by atoms with Gasteiger partial charge in [-0.1, -0.05) is 12.1 Å². The van der Waals surface area contributed by atoms with Gasteiger partial charge in [0.1, 0.15) is 5.60 Å². The number of pyridine rings is 1. The molecular weight excluding hydrogens is 320 g/mol. The highest BCUT2D eigenvalue weighted by molar-refractivity contribution is 5.78. The van der Waals surface area contributed by atoms with Crippen molar-refractivity contribution in [1.82, 2.24) is 9.88 Å². The summed E-state index contributed by atoms with van der Waals surface area (Å²) in [5.41, 5.74) is 2.07. The van der Waals surface area contributed by atoms with E-state index < -0.39 is 5.60 Å². The smallest absolute Gasteiger partial charge is 0.410 e. The minimum absolute atomic E-state index is 0.289. The van der Waals surface area contributed by atoms with Crippen molar-refractivity contribution in [2.24, 2.45) is 0 Å². The Hall–Kier alpha value is -2.37. The molecule has 0 saturated carbocycles. The van der Waals surface area contributed by atoms with Crippen LogP contribution in [-0.4, -0.2) is 47.7 Å². The van der Waals surface area contributed by atoms with E-state index in [1.807, 2.05) is 32.9 Å². The zero-order valence-corrected chi connectivity index (χ0v) is 15.5. The SMILES string of the molecule is COC(=O)C(C)c1ccc(C2=CCCN(C(=O)OC(C)(C)C)C2)nc1. The quantitative estimate of drug-likeness (QED) is 0.785. The van der Waals surface area contributed by atoms with Gasteiger partial charge in [-0.2, -0.15) is 0 Å². The number of nitrogens with zero attached hydrogens (tertiary/aromatic N) is 2. The first-order chi connectivity index (χ1) is 11.7. The predicted octanol–water partition coefficient (Wildman–Crippen LogP) is 3.38. The van der Waals surface area contributed by atoms with Crippen LogP contribution < -0.4 is 0 Å². The average molecular weight is 346 g/mol. The van der Waals surface area contributed by atoms with Gasteiger partial charge in [-0.15, -0.1) is 0 Å². The highest BCUT2D eigenvalue weighted by Crippen LogP contribution is 2.23. The zero-order chi connectivity index (χ0) is 18.6. The lowest BCUT2D eigenvalue weighted by atomic mass is 10.0. The minimum Gasteiger partial charge on any atom is -0.469 e. The van der Waals surface area contributed by atoms with Gasteiger partial charge in [-0.3, -0.25) is 9.78 Å². The summed E-state index contributed by atoms with van der Waals surface area (Å²) in [5.74, 6) is -0.646. The van der Waals surface area contributed by atoms with Crippen LogP contribution in [0.5, 0.6) is 0 Å². The highest BCUT2D eigenvalue weighted by atomic mass is 16.6. The summed E-state index contributed by atoms with van der Waals surface area (Å²) in [6.07, 6.45) is 4.22. The Kier molecular flexibility index (Phi) is 5.82. The number of aromatic nitrogens is 1. The maximum Gasteiger partial charge on any atom is 0.410 e. The van der Waals surface area contributed by atoms with Gasteiger partial charge in [0.15, 0.2) is 0 Å². The molecule has 2 rings (SSSR count). The number of ether oxygens (including phenoxy) is 2. The van der Waals surface area contributed by atoms with Crippen LogP contribution in [0, 0.1) is 0 Å². The van der Waals surface area contributed by atoms with Crippen LogP contribution >= 0.6 is 0 Å². The maximum absolute atomic E-state index is 12.2. The van der Waals surface area contributed by atoms with E-state index in [4.69, 9.17) is 9.47 Å². The van der Waals surface area contributed by atoms with Crippen LogP contribution in [0.25, 0.3) is 5.57 Å². The normalized spacial score (nSPS) is 16.0. The van der Waals surface area contributed by atoms with Crippen LogP contribution in [0.4, 0.5) is 4.79 Å². The van der Waals surface area contributed by atoms with Crippen molar-refractivity contribution >= 4 is 17.6 Å². The summed E-state index contributed by atoms with van der Waals surface area (Å²) in [6.45, 7) is 8.45. The fraction of sp³-hybridized carbons (Fsp3) is 0.526. The minimum atomic E-state index is -0.512. The molecule has 1 atom stereocenters. The number of carbonyl (C=O) groups is 2. The Morgan fingerprint density at radius 1 is 1.28 bits per heavy atom. The van der Waals surface area contributed by atoms with Crippen LogP contribution in [-0.2, 0) is 14.3 Å². The maximum atomic E-state index is 12.2. The zero-order valence-electron chi connectivity index (χ0n) is 15.5. The highest BCUT2D eigenvalue weighted by Gasteiger charge is 2.25. The second-order valence-electron chi connectivity index (χ2n) is 7.14. The molecule has 1 aromatic heterocycles. The third-order valence-electron chi connectivity index (χ3n) is 3.97. The van der Waals surface area contributed by atoms with E-state index in [1.165, 1.54) is 7.11 Å². The molecule has 0 radical (unpaired) electrons. The summed E-state index contributed by atoms with van der Waals surface area (Å²) < 4.78 is 10.2. The lowest BCUT2D eigenvalue weighted by molar-refractivity contribution is -0.142. The van der Waals surface area contributed by atoms with E-state index in [1.54, 1.807) is 18.0 Å². The molecule has 0 aliphatic carbocycles. The van der Waals surface area contributed by atoms with Crippen LogP contribution in [0.3, 0.4) is 0 Å². The molecule has 136 valence electrons. The standard InChI is InChI=1S/C19H26N2O4/c1-13(17(22)24-5)14-8-9-16(20-11-14)15-7-6-10-21(12-15)18(23)25-19(2,3)4/h7-9,11,13H,6,10,12H2,1-5H3. The number of methoxy groups -OCH3 is 1. The van der Waals surface area contributed by atoms with Crippen molar-refractivity contribution in [3.8, 4) is 0 Å². The molecule has 2 heterocycles. The molecule has 25 heavy (non-hydrogen) atoms. The van der Waals surface area contributed by atoms with E-state index in [-0.39, 0.29) is 18.0 Å². The van der Waals surface area contributed by atoms with Gasteiger partial charge in [0, 0.05) is 12.7 Å². The number of amides is 1. The number of rotatable bonds is 3. The predicted molar refractivity (Wildman–Crippen MR) is 95.1 cm³/mol. The summed E-state index contributed by atoms with van der Waals surface area (Å²) in [4.78, 5) is 30.0. The molecule has 0 N–H and O–H groups in total. The lowest BCUT2D eigenvalue weighted by Crippen LogP contribution is -2.39. The van der Waals surface area contributed by atoms with Crippen LogP contribution in [0.15, 0.2) is 24.4 Å². The van der Waals surface area contributed by atoms with Crippen molar-refractivity contribution in [1.29, 1.82) is 0 Å². The van der Waals surface area contributed by atoms with Gasteiger partial charge in [-0.05, 0) is 51.3 Å². The lowest BCUT2D eigenvalue weighted by Gasteiger charge is -2.30. The first-order valence-corrected chi connectivity index (χ1v) is 8.42. The van der Waals surface area contributed by atoms with E-state index in [0.29, 0.717) is 13.1 Å². The number of hydrogen-bond donors (Lipinski definition) is 0. The molecule has 1 aliphatic heterocycles. The van der Waals surface area contributed by atoms with Gasteiger partial charge in [-0.25, -0.2) is 4.79 Å². The Morgan fingerprint density at radius 2 is 2.00 bits per heavy atom. The molecular formula is C19H26N2O4. The summed E-state index contributed by atoms with van der Waals surface area (Å²) in [7, 11) is 1.37. The second-order valence-corrected chi connectivity index (χ2v) is 7.14. The number of carbonyl (C=O) groups excluding carboxylic acids is 2. The summed E-state index contributed by atoms with van der Waals surface area (Å²) in [6, 6.07) is 3.75. The van der Waals surface area contributed by atoms with E-state index in [0.717, 1.165) is 23.3 Å². The molecule has 1 aromatic rings. The van der Waals surface area contributed by atoms with Crippen LogP contribution in [0.1, 0.15) is 51.3 Å². The van der Waals surface area contributed by atoms with E-state index >= 15 is 0 Å². The Labute approximate surface area is 148 Å². The largest absolute Gasteiger partial charge is 0.469 e. The molecule has 6 heteroatoms. The third kappa shape index (κ3) is 5.05. The van der Waals surface area contributed by atoms with Gasteiger partial charge < -0.3 is 14.4 Å². The van der Waals surface area contributed by atoms with Gasteiger partial charge in [0.2, 0.25) is 0 Å². The molecule has 1 unspecified atom stereocenters. The molecule has 6 nitrogen and oxygen atoms in total. The topological polar surface area (TPSA) is 68.7 Å². The average Bonchev–Trinajstić information content (AvgIpc) is 2.59. The summed E-state index contributed by atoms with van der Waals surface area (Å²) in [5, 5.41) is 0. The summed E-state index contributed by atoms with van der Waals surface area (Å²) >= 11 is 0. The fourth-order valence-electron chi connectivity index (χ4n) is 2.58. The second kappa shape index (κ2) is 7.68. The Balaban J connectivity index is 2.07. The van der Waals surface area contributed by atoms with E-state index in [2.05, 4.69) is 11.1 Å². The number of esters is 1. The molecule has 0 spiro atoms. The van der Waals surface area contributed by atoms with Crippen molar-refractivity contribution in [2.45, 2.75) is 45.6 Å². The van der Waals surface area contributed by atoms with Crippen molar-refractivity contribution < 1.29 is 19.1 Å². The monoisotopic (exact) mass is 346 g/mol. The Bertz CT molecular complexity index is 659. The fourth-order valence-corrected chi connectivity index (χ4v) is 2.58. The van der Waals surface area contributed by atoms with Crippen molar-refractivity contribution in [3.63, 3.8) is 0 Å². The van der Waals surface area contributed by atoms with Crippen LogP contribution in [0.2, 0.25) is 0 Å². The van der Waals surface area contributed by atoms with Crippen molar-refractivity contribution in [2.75, 3.05) is 20.2 Å². The molecule has 0 bridgehead atoms. The first-order valence-electron chi connectivity index (χ1n) is 8.42. The van der Waals surface area contributed by atoms with Gasteiger partial charge in [0.05, 0.1) is 25.3 Å². The van der Waals surface area contributed by atoms with E-state index in [9.17, 15) is 9.59 Å². The number of hydrogen-bond acceptors (Lipinski definition) is 5. The Morgan fingerprint density at radius 3 is 2.56 bits per heavy atom. The van der Waals surface area contributed by atoms with Crippen molar-refractivity contribution in [3.05, 3.63) is 35.7 Å². The van der Waals surface area contributed by atoms with Gasteiger partial charge >= 0.3 is 12.1 Å². The molecule has 0 saturated heterocycles. The van der Waals surface area contributed by atoms with Gasteiger partial charge in [0.25, 0.3) is 0 Å². The molecule has 1 amide bonds. The molecule has 1 aliphatic rings. The molecule has 0 fully saturated rings. The molecule has 0 aromatic carbocycles. The first kappa shape index (κ1) is 19.0. The third-order valence-corrected chi connectivity index (χ3v) is 3.97.